The number of hydrogen-bond donors (Lipinski definition) is 1. The van der Waals surface area contributed by atoms with Crippen LogP contribution in [0.15, 0.2) is 59.5 Å². The van der Waals surface area contributed by atoms with E-state index < -0.39 is 6.10 Å². The minimum Gasteiger partial charge on any atom is -0.386 e. The van der Waals surface area contributed by atoms with Crippen molar-refractivity contribution in [2.24, 2.45) is 0 Å². The minimum atomic E-state index is -0.694. The van der Waals surface area contributed by atoms with Crippen LogP contribution in [-0.4, -0.2) is 34.3 Å². The fourth-order valence-electron chi connectivity index (χ4n) is 2.63. The Morgan fingerprint density at radius 2 is 1.64 bits per heavy atom. The van der Waals surface area contributed by atoms with Gasteiger partial charge in [0.05, 0.1) is 18.6 Å². The molecule has 0 radical (unpaired) electrons. The third-order valence-corrected chi connectivity index (χ3v) is 5.27. The van der Waals surface area contributed by atoms with Crippen LogP contribution >= 0.6 is 11.8 Å². The van der Waals surface area contributed by atoms with Gasteiger partial charge >= 0.3 is 0 Å². The van der Waals surface area contributed by atoms with E-state index in [0.717, 1.165) is 11.1 Å². The van der Waals surface area contributed by atoms with Crippen LogP contribution in [0.4, 0.5) is 0 Å². The topological polar surface area (TPSA) is 40.5 Å². The van der Waals surface area contributed by atoms with Gasteiger partial charge in [0.1, 0.15) is 0 Å². The number of benzene rings is 2. The van der Waals surface area contributed by atoms with Gasteiger partial charge in [-0.2, -0.15) is 0 Å². The van der Waals surface area contributed by atoms with E-state index in [9.17, 15) is 9.90 Å². The van der Waals surface area contributed by atoms with Crippen LogP contribution in [0.1, 0.15) is 38.0 Å². The van der Waals surface area contributed by atoms with E-state index in [2.05, 4.69) is 26.0 Å². The van der Waals surface area contributed by atoms with Crippen molar-refractivity contribution in [3.63, 3.8) is 0 Å². The smallest absolute Gasteiger partial charge is 0.227 e. The lowest BCUT2D eigenvalue weighted by Gasteiger charge is -2.29. The Morgan fingerprint density at radius 3 is 2.20 bits per heavy atom. The highest BCUT2D eigenvalue weighted by atomic mass is 32.2. The highest BCUT2D eigenvalue weighted by Gasteiger charge is 2.24. The van der Waals surface area contributed by atoms with Gasteiger partial charge in [-0.1, -0.05) is 56.3 Å². The normalized spacial score (nSPS) is 13.5. The molecule has 2 rings (SSSR count). The van der Waals surface area contributed by atoms with Crippen LogP contribution in [0.25, 0.3) is 0 Å². The largest absolute Gasteiger partial charge is 0.386 e. The fourth-order valence-corrected chi connectivity index (χ4v) is 3.46. The van der Waals surface area contributed by atoms with E-state index in [1.54, 1.807) is 11.9 Å². The average molecular weight is 358 g/mol. The molecule has 0 saturated carbocycles. The molecule has 2 atom stereocenters. The van der Waals surface area contributed by atoms with Gasteiger partial charge < -0.3 is 10.0 Å². The Labute approximate surface area is 155 Å². The molecule has 0 aromatic heterocycles. The molecule has 0 spiro atoms. The summed E-state index contributed by atoms with van der Waals surface area (Å²) in [5.41, 5.74) is 1.82. The maximum absolute atomic E-state index is 12.6. The zero-order valence-electron chi connectivity index (χ0n) is 15.3. The Bertz CT molecular complexity index is 670. The molecule has 0 aliphatic heterocycles. The summed E-state index contributed by atoms with van der Waals surface area (Å²) in [4.78, 5) is 15.4. The third-order valence-electron chi connectivity index (χ3n) is 4.25. The fraction of sp³-hybridized carbons (Fsp3) is 0.381. The Kier molecular flexibility index (Phi) is 7.09. The zero-order valence-corrected chi connectivity index (χ0v) is 16.2. The second-order valence-corrected chi connectivity index (χ2v) is 8.24. The number of hydrogen-bond acceptors (Lipinski definition) is 3. The summed E-state index contributed by atoms with van der Waals surface area (Å²) in [5, 5.41) is 11.0. The Balaban J connectivity index is 1.97. The van der Waals surface area contributed by atoms with Crippen molar-refractivity contribution in [3.8, 4) is 0 Å². The Hall–Kier alpha value is -1.78. The molecule has 2 aromatic rings. The van der Waals surface area contributed by atoms with Gasteiger partial charge in [-0.15, -0.1) is 11.8 Å². The first-order chi connectivity index (χ1) is 11.9. The van der Waals surface area contributed by atoms with Crippen LogP contribution in [-0.2, 0) is 11.2 Å². The number of rotatable bonds is 7. The van der Waals surface area contributed by atoms with Gasteiger partial charge in [0, 0.05) is 17.2 Å². The minimum absolute atomic E-state index is 0.00624. The molecule has 0 heterocycles. The lowest BCUT2D eigenvalue weighted by atomic mass is 10.0. The number of thioether (sulfide) groups is 1. The van der Waals surface area contributed by atoms with Crippen LogP contribution in [0.5, 0.6) is 0 Å². The molecule has 3 nitrogen and oxygen atoms in total. The van der Waals surface area contributed by atoms with Crippen LogP contribution in [0, 0.1) is 0 Å². The SMILES string of the molecule is CC(C)Sc1ccc(CC(=O)N(C)[C@H](C)[C@H](O)c2ccccc2)cc1. The monoisotopic (exact) mass is 357 g/mol. The molecule has 0 unspecified atom stereocenters. The highest BCUT2D eigenvalue weighted by Crippen LogP contribution is 2.24. The predicted octanol–water partition coefficient (Wildman–Crippen LogP) is 4.31. The standard InChI is InChI=1S/C21H27NO2S/c1-15(2)25-19-12-10-17(11-13-19)14-20(23)22(4)16(3)21(24)18-8-6-5-7-9-18/h5-13,15-16,21,24H,14H2,1-4H3/t16-,21+/m1/s1. The van der Waals surface area contributed by atoms with Gasteiger partial charge in [0.15, 0.2) is 0 Å². The summed E-state index contributed by atoms with van der Waals surface area (Å²) < 4.78 is 0. The zero-order chi connectivity index (χ0) is 18.4. The van der Waals surface area contributed by atoms with E-state index in [4.69, 9.17) is 0 Å². The molecule has 0 aliphatic rings. The van der Waals surface area contributed by atoms with E-state index in [0.29, 0.717) is 11.7 Å². The number of amides is 1. The van der Waals surface area contributed by atoms with Gasteiger partial charge in [-0.05, 0) is 30.2 Å². The van der Waals surface area contributed by atoms with E-state index >= 15 is 0 Å². The van der Waals surface area contributed by atoms with Crippen LogP contribution in [0.3, 0.4) is 0 Å². The van der Waals surface area contributed by atoms with E-state index in [-0.39, 0.29) is 11.9 Å². The summed E-state index contributed by atoms with van der Waals surface area (Å²) >= 11 is 1.81. The van der Waals surface area contributed by atoms with Crippen molar-refractivity contribution in [2.75, 3.05) is 7.05 Å². The molecule has 1 amide bonds. The number of likely N-dealkylation sites (N-methyl/N-ethyl adjacent to an activating group) is 1. The first-order valence-corrected chi connectivity index (χ1v) is 9.50. The van der Waals surface area contributed by atoms with Gasteiger partial charge in [0.25, 0.3) is 0 Å². The van der Waals surface area contributed by atoms with Crippen molar-refractivity contribution in [1.82, 2.24) is 4.90 Å². The van der Waals surface area contributed by atoms with Gasteiger partial charge in [-0.3, -0.25) is 4.79 Å². The maximum atomic E-state index is 12.6. The number of aliphatic hydroxyl groups is 1. The van der Waals surface area contributed by atoms with Crippen molar-refractivity contribution >= 4 is 17.7 Å². The number of carbonyl (C=O) groups is 1. The molecule has 0 bridgehead atoms. The van der Waals surface area contributed by atoms with Crippen LogP contribution < -0.4 is 0 Å². The summed E-state index contributed by atoms with van der Waals surface area (Å²) in [5.74, 6) is 0.00624. The second-order valence-electron chi connectivity index (χ2n) is 6.59. The van der Waals surface area contributed by atoms with E-state index in [1.165, 1.54) is 4.90 Å². The summed E-state index contributed by atoms with van der Waals surface area (Å²) in [7, 11) is 1.75. The van der Waals surface area contributed by atoms with Gasteiger partial charge in [-0.25, -0.2) is 0 Å². The molecule has 0 aliphatic carbocycles. The first kappa shape index (κ1) is 19.5. The number of aliphatic hydroxyl groups excluding tert-OH is 1. The van der Waals surface area contributed by atoms with Crippen molar-refractivity contribution in [2.45, 2.75) is 49.5 Å². The first-order valence-electron chi connectivity index (χ1n) is 8.62. The molecule has 0 saturated heterocycles. The molecule has 2 aromatic carbocycles. The molecular weight excluding hydrogens is 330 g/mol. The number of nitrogens with zero attached hydrogens (tertiary/aromatic N) is 1. The van der Waals surface area contributed by atoms with E-state index in [1.807, 2.05) is 61.2 Å². The average Bonchev–Trinajstić information content (AvgIpc) is 2.61. The maximum Gasteiger partial charge on any atom is 0.227 e. The van der Waals surface area contributed by atoms with Crippen LogP contribution in [0.2, 0.25) is 0 Å². The predicted molar refractivity (Wildman–Crippen MR) is 105 cm³/mol. The third kappa shape index (κ3) is 5.62. The molecule has 1 N–H and O–H groups in total. The molecule has 4 heteroatoms. The second kappa shape index (κ2) is 9.07. The molecule has 134 valence electrons. The molecule has 0 fully saturated rings. The summed E-state index contributed by atoms with van der Waals surface area (Å²) in [6.45, 7) is 6.20. The van der Waals surface area contributed by atoms with Crippen molar-refractivity contribution in [3.05, 3.63) is 65.7 Å². The summed E-state index contributed by atoms with van der Waals surface area (Å²) in [6, 6.07) is 17.3. The van der Waals surface area contributed by atoms with Crippen molar-refractivity contribution < 1.29 is 9.90 Å². The lowest BCUT2D eigenvalue weighted by molar-refractivity contribution is -0.133. The van der Waals surface area contributed by atoms with Gasteiger partial charge in [0.2, 0.25) is 5.91 Å². The quantitative estimate of drug-likeness (QED) is 0.751. The highest BCUT2D eigenvalue weighted by molar-refractivity contribution is 7.99. The lowest BCUT2D eigenvalue weighted by Crippen LogP contribution is -2.39. The summed E-state index contributed by atoms with van der Waals surface area (Å²) in [6.07, 6.45) is -0.352. The number of carbonyl (C=O) groups excluding carboxylic acids is 1. The molecular formula is C21H27NO2S. The molecule has 25 heavy (non-hydrogen) atoms. The van der Waals surface area contributed by atoms with Crippen molar-refractivity contribution in [1.29, 1.82) is 0 Å². The Morgan fingerprint density at radius 1 is 1.04 bits per heavy atom.